The number of carbonyl (C=O) groups is 1. The van der Waals surface area contributed by atoms with Gasteiger partial charge < -0.3 is 15.4 Å². The van der Waals surface area contributed by atoms with E-state index in [1.807, 2.05) is 0 Å². The molecule has 100 valence electrons. The second kappa shape index (κ2) is 5.62. The van der Waals surface area contributed by atoms with Crippen LogP contribution in [0.3, 0.4) is 0 Å². The molecule has 3 N–H and O–H groups in total. The Morgan fingerprint density at radius 3 is 2.95 bits per heavy atom. The largest absolute Gasteiger partial charge is 0.396 e. The van der Waals surface area contributed by atoms with Crippen LogP contribution in [0.5, 0.6) is 0 Å². The standard InChI is InChI=1S/C13H15N3O3/c1-8(6-7-17)14-13(19)11-15-10-5-3-2-4-9(10)12(18)16-11/h2-5,8,17H,6-7H2,1H3,(H,14,19)(H,15,16,18)/t8-/m1/s1. The molecule has 0 bridgehead atoms. The fraction of sp³-hybridized carbons (Fsp3) is 0.308. The number of hydrogen-bond acceptors (Lipinski definition) is 4. The molecular weight excluding hydrogens is 246 g/mol. The van der Waals surface area contributed by atoms with E-state index in [1.165, 1.54) is 0 Å². The molecule has 0 saturated carbocycles. The van der Waals surface area contributed by atoms with Gasteiger partial charge in [-0.2, -0.15) is 0 Å². The van der Waals surface area contributed by atoms with Crippen molar-refractivity contribution in [1.82, 2.24) is 15.3 Å². The van der Waals surface area contributed by atoms with Crippen LogP contribution < -0.4 is 10.9 Å². The molecule has 0 aliphatic carbocycles. The molecule has 6 heteroatoms. The zero-order valence-corrected chi connectivity index (χ0v) is 10.5. The molecule has 1 aromatic heterocycles. The van der Waals surface area contributed by atoms with Gasteiger partial charge in [0.25, 0.3) is 11.5 Å². The number of aromatic amines is 1. The van der Waals surface area contributed by atoms with E-state index < -0.39 is 5.91 Å². The van der Waals surface area contributed by atoms with Gasteiger partial charge in [-0.3, -0.25) is 9.59 Å². The lowest BCUT2D eigenvalue weighted by atomic mass is 10.2. The van der Waals surface area contributed by atoms with E-state index >= 15 is 0 Å². The van der Waals surface area contributed by atoms with Gasteiger partial charge >= 0.3 is 0 Å². The van der Waals surface area contributed by atoms with Gasteiger partial charge in [-0.05, 0) is 25.5 Å². The molecule has 1 amide bonds. The number of aliphatic hydroxyl groups is 1. The number of aromatic nitrogens is 2. The van der Waals surface area contributed by atoms with Gasteiger partial charge in [0, 0.05) is 12.6 Å². The summed E-state index contributed by atoms with van der Waals surface area (Å²) in [4.78, 5) is 30.3. The van der Waals surface area contributed by atoms with Gasteiger partial charge in [0.2, 0.25) is 0 Å². The Bertz CT molecular complexity index is 651. The molecule has 1 aromatic carbocycles. The topological polar surface area (TPSA) is 95.1 Å². The minimum absolute atomic E-state index is 0.0108. The third kappa shape index (κ3) is 2.97. The molecule has 0 aliphatic heterocycles. The number of nitrogens with zero attached hydrogens (tertiary/aromatic N) is 1. The van der Waals surface area contributed by atoms with Crippen LogP contribution in [0.4, 0.5) is 0 Å². The van der Waals surface area contributed by atoms with Crippen molar-refractivity contribution >= 4 is 16.8 Å². The van der Waals surface area contributed by atoms with Crippen LogP contribution >= 0.6 is 0 Å². The first-order valence-corrected chi connectivity index (χ1v) is 6.02. The lowest BCUT2D eigenvalue weighted by molar-refractivity contribution is 0.0924. The maximum Gasteiger partial charge on any atom is 0.287 e. The van der Waals surface area contributed by atoms with Gasteiger partial charge in [0.1, 0.15) is 0 Å². The highest BCUT2D eigenvalue weighted by atomic mass is 16.3. The average molecular weight is 261 g/mol. The molecule has 19 heavy (non-hydrogen) atoms. The average Bonchev–Trinajstić information content (AvgIpc) is 2.39. The summed E-state index contributed by atoms with van der Waals surface area (Å²) >= 11 is 0. The zero-order valence-electron chi connectivity index (χ0n) is 10.5. The molecule has 6 nitrogen and oxygen atoms in total. The molecule has 0 spiro atoms. The first kappa shape index (κ1) is 13.2. The predicted molar refractivity (Wildman–Crippen MR) is 71.0 cm³/mol. The van der Waals surface area contributed by atoms with Crippen LogP contribution in [0.15, 0.2) is 29.1 Å². The Morgan fingerprint density at radius 1 is 1.47 bits per heavy atom. The Labute approximate surface area is 109 Å². The number of rotatable bonds is 4. The summed E-state index contributed by atoms with van der Waals surface area (Å²) in [5.41, 5.74) is 0.136. The van der Waals surface area contributed by atoms with E-state index in [0.717, 1.165) is 0 Å². The van der Waals surface area contributed by atoms with E-state index in [0.29, 0.717) is 17.3 Å². The minimum atomic E-state index is -0.455. The van der Waals surface area contributed by atoms with Crippen LogP contribution in [-0.4, -0.2) is 33.6 Å². The minimum Gasteiger partial charge on any atom is -0.396 e. The fourth-order valence-corrected chi connectivity index (χ4v) is 1.75. The number of benzene rings is 1. The number of H-pyrrole nitrogens is 1. The van der Waals surface area contributed by atoms with E-state index in [-0.39, 0.29) is 24.0 Å². The Kier molecular flexibility index (Phi) is 3.91. The first-order valence-electron chi connectivity index (χ1n) is 6.02. The van der Waals surface area contributed by atoms with Crippen molar-refractivity contribution < 1.29 is 9.90 Å². The fourth-order valence-electron chi connectivity index (χ4n) is 1.75. The molecule has 0 unspecified atom stereocenters. The highest BCUT2D eigenvalue weighted by Crippen LogP contribution is 2.05. The number of para-hydroxylation sites is 1. The highest BCUT2D eigenvalue weighted by Gasteiger charge is 2.13. The number of hydrogen-bond donors (Lipinski definition) is 3. The van der Waals surface area contributed by atoms with Crippen molar-refractivity contribution in [3.05, 3.63) is 40.4 Å². The van der Waals surface area contributed by atoms with E-state index in [4.69, 9.17) is 5.11 Å². The monoisotopic (exact) mass is 261 g/mol. The number of aliphatic hydroxyl groups excluding tert-OH is 1. The summed E-state index contributed by atoms with van der Waals surface area (Å²) in [6.45, 7) is 1.76. The van der Waals surface area contributed by atoms with Gasteiger partial charge in [0.15, 0.2) is 5.82 Å². The highest BCUT2D eigenvalue weighted by molar-refractivity contribution is 5.92. The van der Waals surface area contributed by atoms with Gasteiger partial charge in [0.05, 0.1) is 10.9 Å². The van der Waals surface area contributed by atoms with Crippen LogP contribution in [0.1, 0.15) is 24.0 Å². The van der Waals surface area contributed by atoms with Crippen molar-refractivity contribution in [1.29, 1.82) is 0 Å². The normalized spacial score (nSPS) is 12.3. The van der Waals surface area contributed by atoms with Crippen LogP contribution in [0.2, 0.25) is 0 Å². The third-order valence-corrected chi connectivity index (χ3v) is 2.77. The second-order valence-electron chi connectivity index (χ2n) is 4.32. The Morgan fingerprint density at radius 2 is 2.21 bits per heavy atom. The molecule has 0 saturated heterocycles. The van der Waals surface area contributed by atoms with E-state index in [9.17, 15) is 9.59 Å². The first-order chi connectivity index (χ1) is 9.11. The lowest BCUT2D eigenvalue weighted by Crippen LogP contribution is -2.35. The van der Waals surface area contributed by atoms with Gasteiger partial charge in [-0.15, -0.1) is 0 Å². The maximum atomic E-state index is 11.9. The smallest absolute Gasteiger partial charge is 0.287 e. The number of carbonyl (C=O) groups excluding carboxylic acids is 1. The van der Waals surface area contributed by atoms with E-state index in [1.54, 1.807) is 31.2 Å². The van der Waals surface area contributed by atoms with Crippen LogP contribution in [-0.2, 0) is 0 Å². The number of nitrogens with one attached hydrogen (secondary N) is 2. The summed E-state index contributed by atoms with van der Waals surface area (Å²) < 4.78 is 0. The van der Waals surface area contributed by atoms with Crippen LogP contribution in [0, 0.1) is 0 Å². The van der Waals surface area contributed by atoms with Crippen molar-refractivity contribution in [2.45, 2.75) is 19.4 Å². The second-order valence-corrected chi connectivity index (χ2v) is 4.32. The molecule has 0 radical (unpaired) electrons. The Hall–Kier alpha value is -2.21. The molecule has 2 rings (SSSR count). The van der Waals surface area contributed by atoms with Crippen molar-refractivity contribution in [2.75, 3.05) is 6.61 Å². The summed E-state index contributed by atoms with van der Waals surface area (Å²) in [6.07, 6.45) is 0.448. The maximum absolute atomic E-state index is 11.9. The number of amides is 1. The SMILES string of the molecule is C[C@H](CCO)NC(=O)c1nc2ccccc2c(=O)[nH]1. The summed E-state index contributed by atoms with van der Waals surface area (Å²) in [5.74, 6) is -0.475. The molecule has 1 heterocycles. The van der Waals surface area contributed by atoms with Crippen LogP contribution in [0.25, 0.3) is 10.9 Å². The Balaban J connectivity index is 2.30. The molecule has 0 aliphatic rings. The quantitative estimate of drug-likeness (QED) is 0.743. The summed E-state index contributed by atoms with van der Waals surface area (Å²) in [5, 5.41) is 11.9. The lowest BCUT2D eigenvalue weighted by Gasteiger charge is -2.11. The number of fused-ring (bicyclic) bond motifs is 1. The molecule has 2 aromatic rings. The van der Waals surface area contributed by atoms with Crippen molar-refractivity contribution in [3.63, 3.8) is 0 Å². The van der Waals surface area contributed by atoms with Gasteiger partial charge in [-0.1, -0.05) is 12.1 Å². The van der Waals surface area contributed by atoms with Gasteiger partial charge in [-0.25, -0.2) is 4.98 Å². The molecular formula is C13H15N3O3. The van der Waals surface area contributed by atoms with Crippen molar-refractivity contribution in [3.8, 4) is 0 Å². The predicted octanol–water partition coefficient (Wildman–Crippen LogP) is 0.424. The van der Waals surface area contributed by atoms with E-state index in [2.05, 4.69) is 15.3 Å². The third-order valence-electron chi connectivity index (χ3n) is 2.77. The molecule has 1 atom stereocenters. The van der Waals surface area contributed by atoms with Crippen molar-refractivity contribution in [2.24, 2.45) is 0 Å². The zero-order chi connectivity index (χ0) is 13.8. The molecule has 0 fully saturated rings. The summed E-state index contributed by atoms with van der Waals surface area (Å²) in [7, 11) is 0. The summed E-state index contributed by atoms with van der Waals surface area (Å²) in [6, 6.07) is 6.64.